The minimum Gasteiger partial charge on any atom is -0.358 e. The maximum Gasteiger partial charge on any atom is 0.394 e. The Labute approximate surface area is 88.0 Å². The van der Waals surface area contributed by atoms with Crippen molar-refractivity contribution in [3.8, 4) is 0 Å². The van der Waals surface area contributed by atoms with Gasteiger partial charge in [-0.1, -0.05) is 15.9 Å². The average molecular weight is 268 g/mol. The fraction of sp³-hybridized carbons (Fsp3) is 0.500. The molecular formula is C6H7BrClN3O2. The minimum absolute atomic E-state index is 0.110. The molecule has 0 atom stereocenters. The van der Waals surface area contributed by atoms with Gasteiger partial charge >= 0.3 is 5.82 Å². The molecule has 7 heteroatoms. The summed E-state index contributed by atoms with van der Waals surface area (Å²) in [5, 5.41) is 14.9. The van der Waals surface area contributed by atoms with Crippen LogP contribution in [0.15, 0.2) is 6.20 Å². The normalized spacial score (nSPS) is 10.3. The summed E-state index contributed by atoms with van der Waals surface area (Å²) >= 11 is 8.74. The Balaban J connectivity index is 2.97. The van der Waals surface area contributed by atoms with E-state index in [1.807, 2.05) is 0 Å². The second kappa shape index (κ2) is 4.57. The van der Waals surface area contributed by atoms with Gasteiger partial charge in [-0.3, -0.25) is 0 Å². The van der Waals surface area contributed by atoms with Gasteiger partial charge in [0.25, 0.3) is 0 Å². The molecule has 0 radical (unpaired) electrons. The monoisotopic (exact) mass is 267 g/mol. The van der Waals surface area contributed by atoms with Gasteiger partial charge in [0.15, 0.2) is 0 Å². The lowest BCUT2D eigenvalue weighted by atomic mass is 10.4. The van der Waals surface area contributed by atoms with Gasteiger partial charge < -0.3 is 10.1 Å². The van der Waals surface area contributed by atoms with Crippen LogP contribution in [-0.4, -0.2) is 20.0 Å². The van der Waals surface area contributed by atoms with E-state index in [4.69, 9.17) is 11.6 Å². The second-order valence-electron chi connectivity index (χ2n) is 2.32. The van der Waals surface area contributed by atoms with Crippen LogP contribution in [0.2, 0.25) is 0 Å². The van der Waals surface area contributed by atoms with Crippen molar-refractivity contribution in [1.29, 1.82) is 0 Å². The summed E-state index contributed by atoms with van der Waals surface area (Å²) in [6.07, 6.45) is 1.59. The number of nitro groups is 1. The smallest absolute Gasteiger partial charge is 0.358 e. The van der Waals surface area contributed by atoms with Gasteiger partial charge in [-0.2, -0.15) is 4.68 Å². The molecule has 0 aliphatic rings. The molecule has 0 aromatic carbocycles. The molecule has 13 heavy (non-hydrogen) atoms. The number of hydrogen-bond acceptors (Lipinski definition) is 3. The van der Waals surface area contributed by atoms with Crippen molar-refractivity contribution < 1.29 is 4.92 Å². The van der Waals surface area contributed by atoms with Gasteiger partial charge in [0.2, 0.25) is 0 Å². The highest BCUT2D eigenvalue weighted by Crippen LogP contribution is 2.17. The van der Waals surface area contributed by atoms with Crippen LogP contribution < -0.4 is 0 Å². The van der Waals surface area contributed by atoms with Crippen molar-refractivity contribution >= 4 is 33.3 Å². The number of aryl methyl sites for hydroxylation is 1. The van der Waals surface area contributed by atoms with Gasteiger partial charge in [0, 0.05) is 5.33 Å². The molecule has 0 saturated heterocycles. The van der Waals surface area contributed by atoms with Crippen molar-refractivity contribution in [1.82, 2.24) is 9.78 Å². The van der Waals surface area contributed by atoms with E-state index in [1.165, 1.54) is 4.68 Å². The number of rotatable bonds is 4. The molecule has 0 N–H and O–H groups in total. The first kappa shape index (κ1) is 10.5. The fourth-order valence-corrected chi connectivity index (χ4v) is 1.45. The maximum absolute atomic E-state index is 10.5. The molecule has 0 saturated carbocycles. The lowest BCUT2D eigenvalue weighted by Gasteiger charge is -1.87. The Morgan fingerprint density at radius 2 is 2.46 bits per heavy atom. The standard InChI is InChI=1S/C6H7BrClN3O2/c7-1-2-10-4-5(3-8)6(9-10)11(12)13/h4H,1-3H2. The van der Waals surface area contributed by atoms with E-state index in [1.54, 1.807) is 6.20 Å². The average Bonchev–Trinajstić information content (AvgIpc) is 2.48. The zero-order valence-electron chi connectivity index (χ0n) is 6.61. The molecular weight excluding hydrogens is 261 g/mol. The van der Waals surface area contributed by atoms with Gasteiger partial charge in [0.05, 0.1) is 29.3 Å². The Morgan fingerprint density at radius 3 is 2.85 bits per heavy atom. The molecule has 0 fully saturated rings. The topological polar surface area (TPSA) is 61.0 Å². The van der Waals surface area contributed by atoms with E-state index in [0.29, 0.717) is 17.4 Å². The fourth-order valence-electron chi connectivity index (χ4n) is 0.902. The summed E-state index contributed by atoms with van der Waals surface area (Å²) in [4.78, 5) is 9.93. The molecule has 0 amide bonds. The summed E-state index contributed by atoms with van der Waals surface area (Å²) in [6.45, 7) is 0.595. The predicted molar refractivity (Wildman–Crippen MR) is 52.2 cm³/mol. The van der Waals surface area contributed by atoms with Crippen LogP contribution in [0, 0.1) is 10.1 Å². The number of nitrogens with zero attached hydrogens (tertiary/aromatic N) is 3. The molecule has 0 spiro atoms. The highest BCUT2D eigenvalue weighted by Gasteiger charge is 2.19. The van der Waals surface area contributed by atoms with Crippen LogP contribution in [0.5, 0.6) is 0 Å². The van der Waals surface area contributed by atoms with E-state index >= 15 is 0 Å². The van der Waals surface area contributed by atoms with Crippen LogP contribution >= 0.6 is 27.5 Å². The number of aromatic nitrogens is 2. The minimum atomic E-state index is -0.525. The SMILES string of the molecule is O=[N+]([O-])c1nn(CCBr)cc1CCl. The van der Waals surface area contributed by atoms with Crippen LogP contribution in [0.3, 0.4) is 0 Å². The first-order valence-corrected chi connectivity index (χ1v) is 5.17. The Hall–Kier alpha value is -0.620. The van der Waals surface area contributed by atoms with Gasteiger partial charge in [-0.15, -0.1) is 11.6 Å². The molecule has 0 bridgehead atoms. The molecule has 1 rings (SSSR count). The Kier molecular flexibility index (Phi) is 3.68. The van der Waals surface area contributed by atoms with Crippen LogP contribution in [0.1, 0.15) is 5.56 Å². The van der Waals surface area contributed by atoms with E-state index < -0.39 is 4.92 Å². The summed E-state index contributed by atoms with van der Waals surface area (Å²) in [7, 11) is 0. The summed E-state index contributed by atoms with van der Waals surface area (Å²) < 4.78 is 1.50. The third kappa shape index (κ3) is 2.41. The number of halogens is 2. The quantitative estimate of drug-likeness (QED) is 0.476. The zero-order valence-corrected chi connectivity index (χ0v) is 8.95. The molecule has 5 nitrogen and oxygen atoms in total. The largest absolute Gasteiger partial charge is 0.394 e. The maximum atomic E-state index is 10.5. The van der Waals surface area contributed by atoms with Crippen molar-refractivity contribution in [3.63, 3.8) is 0 Å². The van der Waals surface area contributed by atoms with Crippen molar-refractivity contribution in [2.24, 2.45) is 0 Å². The molecule has 1 heterocycles. The van der Waals surface area contributed by atoms with Crippen molar-refractivity contribution in [3.05, 3.63) is 21.9 Å². The lowest BCUT2D eigenvalue weighted by molar-refractivity contribution is -0.390. The molecule has 0 aliphatic carbocycles. The Bertz CT molecular complexity index is 315. The number of hydrogen-bond donors (Lipinski definition) is 0. The molecule has 72 valence electrons. The van der Waals surface area contributed by atoms with Crippen LogP contribution in [0.4, 0.5) is 5.82 Å². The molecule has 0 unspecified atom stereocenters. The van der Waals surface area contributed by atoms with E-state index in [-0.39, 0.29) is 11.7 Å². The summed E-state index contributed by atoms with van der Waals surface area (Å²) in [5.41, 5.74) is 0.451. The van der Waals surface area contributed by atoms with Crippen LogP contribution in [0.25, 0.3) is 0 Å². The highest BCUT2D eigenvalue weighted by atomic mass is 79.9. The van der Waals surface area contributed by atoms with E-state index in [2.05, 4.69) is 21.0 Å². The summed E-state index contributed by atoms with van der Waals surface area (Å²) in [5.74, 6) is -0.0468. The number of alkyl halides is 2. The Morgan fingerprint density at radius 1 is 1.77 bits per heavy atom. The van der Waals surface area contributed by atoms with Gasteiger partial charge in [-0.25, -0.2) is 0 Å². The molecule has 1 aromatic heterocycles. The van der Waals surface area contributed by atoms with E-state index in [0.717, 1.165) is 0 Å². The van der Waals surface area contributed by atoms with Crippen LogP contribution in [-0.2, 0) is 12.4 Å². The highest BCUT2D eigenvalue weighted by molar-refractivity contribution is 9.09. The third-order valence-corrected chi connectivity index (χ3v) is 2.09. The van der Waals surface area contributed by atoms with Gasteiger partial charge in [-0.05, 0) is 4.92 Å². The summed E-state index contributed by atoms with van der Waals surface area (Å²) in [6, 6.07) is 0. The first-order valence-electron chi connectivity index (χ1n) is 3.51. The predicted octanol–water partition coefficient (Wildman–Crippen LogP) is 1.93. The van der Waals surface area contributed by atoms with E-state index in [9.17, 15) is 10.1 Å². The third-order valence-electron chi connectivity index (χ3n) is 1.45. The van der Waals surface area contributed by atoms with Crippen molar-refractivity contribution in [2.75, 3.05) is 5.33 Å². The zero-order chi connectivity index (χ0) is 9.84. The first-order chi connectivity index (χ1) is 6.19. The van der Waals surface area contributed by atoms with Crippen molar-refractivity contribution in [2.45, 2.75) is 12.4 Å². The second-order valence-corrected chi connectivity index (χ2v) is 3.38. The molecule has 1 aromatic rings. The van der Waals surface area contributed by atoms with Gasteiger partial charge in [0.1, 0.15) is 0 Å². The molecule has 0 aliphatic heterocycles. The lowest BCUT2D eigenvalue weighted by Crippen LogP contribution is -2.00.